The Balaban J connectivity index is 1.48. The Kier molecular flexibility index (Phi) is 7.83. The Morgan fingerprint density at radius 1 is 0.919 bits per heavy atom. The quantitative estimate of drug-likeness (QED) is 0.355. The summed E-state index contributed by atoms with van der Waals surface area (Å²) in [4.78, 5) is 39.7. The number of aryl methyl sites for hydroxylation is 1. The van der Waals surface area contributed by atoms with Gasteiger partial charge in [0.1, 0.15) is 5.75 Å². The second-order valence-electron chi connectivity index (χ2n) is 8.66. The van der Waals surface area contributed by atoms with Crippen molar-refractivity contribution in [1.82, 2.24) is 4.90 Å². The van der Waals surface area contributed by atoms with E-state index >= 15 is 0 Å². The number of hydrogen-bond acceptors (Lipinski definition) is 5. The van der Waals surface area contributed by atoms with Crippen LogP contribution in [0.1, 0.15) is 23.6 Å². The number of benzene rings is 3. The van der Waals surface area contributed by atoms with E-state index in [0.29, 0.717) is 29.2 Å². The molecule has 0 radical (unpaired) electrons. The summed E-state index contributed by atoms with van der Waals surface area (Å²) in [7, 11) is 1.30. The zero-order chi connectivity index (χ0) is 26.4. The molecule has 4 rings (SSSR count). The van der Waals surface area contributed by atoms with Crippen molar-refractivity contribution in [3.05, 3.63) is 112 Å². The van der Waals surface area contributed by atoms with Crippen LogP contribution >= 0.6 is 0 Å². The van der Waals surface area contributed by atoms with E-state index < -0.39 is 5.97 Å². The lowest BCUT2D eigenvalue weighted by atomic mass is 10.0. The maximum atomic E-state index is 13.4. The zero-order valence-corrected chi connectivity index (χ0v) is 21.0. The minimum Gasteiger partial charge on any atom is -0.484 e. The van der Waals surface area contributed by atoms with Crippen molar-refractivity contribution >= 4 is 29.5 Å². The van der Waals surface area contributed by atoms with Gasteiger partial charge in [-0.3, -0.25) is 9.59 Å². The number of nitrogens with zero attached hydrogens (tertiary/aromatic N) is 1. The van der Waals surface area contributed by atoms with Gasteiger partial charge >= 0.3 is 5.97 Å². The molecule has 7 nitrogen and oxygen atoms in total. The first kappa shape index (κ1) is 25.4. The summed E-state index contributed by atoms with van der Waals surface area (Å²) >= 11 is 0. The number of hydrogen-bond donors (Lipinski definition) is 1. The molecule has 1 aliphatic heterocycles. The number of ether oxygens (including phenoxy) is 2. The highest BCUT2D eigenvalue weighted by Crippen LogP contribution is 2.33. The van der Waals surface area contributed by atoms with Crippen LogP contribution in [-0.4, -0.2) is 36.4 Å². The fourth-order valence-electron chi connectivity index (χ4n) is 3.99. The molecule has 3 aromatic rings. The van der Waals surface area contributed by atoms with Crippen LogP contribution in [0.5, 0.6) is 5.75 Å². The van der Waals surface area contributed by atoms with Gasteiger partial charge in [-0.25, -0.2) is 4.79 Å². The molecule has 0 unspecified atom stereocenters. The van der Waals surface area contributed by atoms with Crippen LogP contribution < -0.4 is 10.1 Å². The first-order valence-electron chi connectivity index (χ1n) is 11.8. The molecular formula is C30H28N2O5. The van der Waals surface area contributed by atoms with Gasteiger partial charge in [0.2, 0.25) is 0 Å². The number of amides is 2. The standard InChI is InChI=1S/C30H28N2O5/c1-20-9-11-23(12-10-20)18-32-21(2)28(30(35)36-3)26(29(32)34)17-22-13-15-25(16-14-22)37-19-27(33)31-24-7-5-4-6-8-24/h4-17H,18-19H2,1-3H3,(H,31,33)/b26-17+. The Hall–Kier alpha value is -4.65. The highest BCUT2D eigenvalue weighted by molar-refractivity contribution is 6.16. The average Bonchev–Trinajstić information content (AvgIpc) is 3.13. The average molecular weight is 497 g/mol. The van der Waals surface area contributed by atoms with E-state index in [4.69, 9.17) is 9.47 Å². The van der Waals surface area contributed by atoms with Crippen LogP contribution in [0.25, 0.3) is 6.08 Å². The molecule has 1 heterocycles. The van der Waals surface area contributed by atoms with Gasteiger partial charge in [-0.15, -0.1) is 0 Å². The number of carbonyl (C=O) groups is 3. The van der Waals surface area contributed by atoms with Gasteiger partial charge in [0.15, 0.2) is 6.61 Å². The minimum absolute atomic E-state index is 0.143. The third-order valence-corrected chi connectivity index (χ3v) is 5.98. The number of nitrogens with one attached hydrogen (secondary N) is 1. The normalized spacial score (nSPS) is 14.2. The molecule has 0 fully saturated rings. The van der Waals surface area contributed by atoms with Crippen LogP contribution in [0.2, 0.25) is 0 Å². The number of rotatable bonds is 8. The zero-order valence-electron chi connectivity index (χ0n) is 21.0. The molecule has 0 spiro atoms. The van der Waals surface area contributed by atoms with Crippen molar-refractivity contribution in [2.45, 2.75) is 20.4 Å². The molecule has 0 aliphatic carbocycles. The van der Waals surface area contributed by atoms with E-state index in [9.17, 15) is 14.4 Å². The Morgan fingerprint density at radius 2 is 1.59 bits per heavy atom. The number of anilines is 1. The van der Waals surface area contributed by atoms with Gasteiger partial charge in [-0.2, -0.15) is 0 Å². The van der Waals surface area contributed by atoms with Crippen molar-refractivity contribution in [1.29, 1.82) is 0 Å². The molecule has 188 valence electrons. The maximum Gasteiger partial charge on any atom is 0.340 e. The third kappa shape index (κ3) is 6.13. The summed E-state index contributed by atoms with van der Waals surface area (Å²) < 4.78 is 10.6. The molecule has 1 aliphatic rings. The van der Waals surface area contributed by atoms with Gasteiger partial charge < -0.3 is 19.7 Å². The Labute approximate surface area is 216 Å². The number of esters is 1. The van der Waals surface area contributed by atoms with Gasteiger partial charge in [-0.05, 0) is 55.3 Å². The van der Waals surface area contributed by atoms with Gasteiger partial charge in [-0.1, -0.05) is 60.2 Å². The van der Waals surface area contributed by atoms with Crippen molar-refractivity contribution in [3.8, 4) is 5.75 Å². The summed E-state index contributed by atoms with van der Waals surface area (Å²) in [6, 6.07) is 24.0. The van der Waals surface area contributed by atoms with Crippen molar-refractivity contribution in [2.75, 3.05) is 19.0 Å². The van der Waals surface area contributed by atoms with Crippen LogP contribution in [0.3, 0.4) is 0 Å². The molecule has 37 heavy (non-hydrogen) atoms. The molecular weight excluding hydrogens is 468 g/mol. The van der Waals surface area contributed by atoms with Gasteiger partial charge in [0.05, 0.1) is 24.8 Å². The van der Waals surface area contributed by atoms with Gasteiger partial charge in [0, 0.05) is 11.4 Å². The fourth-order valence-corrected chi connectivity index (χ4v) is 3.99. The molecule has 1 N–H and O–H groups in total. The molecule has 3 aromatic carbocycles. The van der Waals surface area contributed by atoms with Crippen LogP contribution in [0, 0.1) is 6.92 Å². The third-order valence-electron chi connectivity index (χ3n) is 5.98. The highest BCUT2D eigenvalue weighted by Gasteiger charge is 2.36. The number of methoxy groups -OCH3 is 1. The Bertz CT molecular complexity index is 1360. The van der Waals surface area contributed by atoms with E-state index in [1.807, 2.05) is 49.4 Å². The molecule has 0 saturated carbocycles. The molecule has 0 atom stereocenters. The maximum absolute atomic E-state index is 13.4. The van der Waals surface area contributed by atoms with Crippen molar-refractivity contribution in [3.63, 3.8) is 0 Å². The second kappa shape index (κ2) is 11.4. The Morgan fingerprint density at radius 3 is 2.24 bits per heavy atom. The van der Waals surface area contributed by atoms with E-state index in [-0.39, 0.29) is 29.6 Å². The molecule has 0 aromatic heterocycles. The van der Waals surface area contributed by atoms with Crippen LogP contribution in [-0.2, 0) is 25.7 Å². The molecule has 0 bridgehead atoms. The van der Waals surface area contributed by atoms with E-state index in [2.05, 4.69) is 5.32 Å². The first-order valence-corrected chi connectivity index (χ1v) is 11.8. The monoisotopic (exact) mass is 496 g/mol. The molecule has 0 saturated heterocycles. The first-order chi connectivity index (χ1) is 17.9. The van der Waals surface area contributed by atoms with E-state index in [1.54, 1.807) is 54.3 Å². The lowest BCUT2D eigenvalue weighted by Gasteiger charge is -2.18. The van der Waals surface area contributed by atoms with Gasteiger partial charge in [0.25, 0.3) is 11.8 Å². The molecule has 2 amide bonds. The van der Waals surface area contributed by atoms with Crippen LogP contribution in [0.15, 0.2) is 95.7 Å². The largest absolute Gasteiger partial charge is 0.484 e. The summed E-state index contributed by atoms with van der Waals surface area (Å²) in [6.07, 6.45) is 1.67. The topological polar surface area (TPSA) is 84.9 Å². The number of allylic oxidation sites excluding steroid dienone is 1. The van der Waals surface area contributed by atoms with Crippen LogP contribution in [0.4, 0.5) is 5.69 Å². The van der Waals surface area contributed by atoms with Crippen molar-refractivity contribution < 1.29 is 23.9 Å². The fraction of sp³-hybridized carbons (Fsp3) is 0.167. The second-order valence-corrected chi connectivity index (χ2v) is 8.66. The minimum atomic E-state index is -0.562. The number of para-hydroxylation sites is 1. The predicted octanol–water partition coefficient (Wildman–Crippen LogP) is 4.89. The summed E-state index contributed by atoms with van der Waals surface area (Å²) in [5.41, 5.74) is 4.56. The summed E-state index contributed by atoms with van der Waals surface area (Å²) in [5.74, 6) is -0.598. The number of carbonyl (C=O) groups excluding carboxylic acids is 3. The SMILES string of the molecule is COC(=O)C1=C(C)N(Cc2ccc(C)cc2)C(=O)/C1=C/c1ccc(OCC(=O)Nc2ccccc2)cc1. The smallest absolute Gasteiger partial charge is 0.340 e. The van der Waals surface area contributed by atoms with Crippen molar-refractivity contribution in [2.24, 2.45) is 0 Å². The summed E-state index contributed by atoms with van der Waals surface area (Å²) in [6.45, 7) is 3.95. The predicted molar refractivity (Wildman–Crippen MR) is 141 cm³/mol. The highest BCUT2D eigenvalue weighted by atomic mass is 16.5. The molecule has 7 heteroatoms. The van der Waals surface area contributed by atoms with E-state index in [0.717, 1.165) is 11.1 Å². The van der Waals surface area contributed by atoms with E-state index in [1.165, 1.54) is 7.11 Å². The lowest BCUT2D eigenvalue weighted by molar-refractivity contribution is -0.136. The lowest BCUT2D eigenvalue weighted by Crippen LogP contribution is -2.24. The summed E-state index contributed by atoms with van der Waals surface area (Å²) in [5, 5.41) is 2.76.